The summed E-state index contributed by atoms with van der Waals surface area (Å²) in [6, 6.07) is 2.33. The fraction of sp³-hybridized carbons (Fsp3) is 0.500. The summed E-state index contributed by atoms with van der Waals surface area (Å²) in [7, 11) is 0. The van der Waals surface area contributed by atoms with Crippen molar-refractivity contribution in [2.75, 3.05) is 11.5 Å². The summed E-state index contributed by atoms with van der Waals surface area (Å²) in [6.07, 6.45) is 2.17. The lowest BCUT2D eigenvalue weighted by Gasteiger charge is -2.10. The number of rotatable bonds is 5. The van der Waals surface area contributed by atoms with Gasteiger partial charge in [0.1, 0.15) is 11.6 Å². The zero-order chi connectivity index (χ0) is 12.1. The average molecular weight is 245 g/mol. The standard InChI is InChI=1S/C12H17F2NS/c1-3-4-8(2)7-16-12-10(13)5-9(15)6-11(12)14/h5-6,8H,3-4,7,15H2,1-2H3. The van der Waals surface area contributed by atoms with Gasteiger partial charge in [0.25, 0.3) is 0 Å². The molecule has 0 bridgehead atoms. The zero-order valence-corrected chi connectivity index (χ0v) is 10.4. The number of nitrogens with two attached hydrogens (primary N) is 1. The van der Waals surface area contributed by atoms with Crippen molar-refractivity contribution < 1.29 is 8.78 Å². The molecule has 0 radical (unpaired) electrons. The molecular formula is C12H17F2NS. The highest BCUT2D eigenvalue weighted by Crippen LogP contribution is 2.29. The maximum atomic E-state index is 13.4. The van der Waals surface area contributed by atoms with Crippen LogP contribution in [0, 0.1) is 17.6 Å². The highest BCUT2D eigenvalue weighted by molar-refractivity contribution is 7.99. The van der Waals surface area contributed by atoms with Crippen molar-refractivity contribution in [1.29, 1.82) is 0 Å². The van der Waals surface area contributed by atoms with Crippen LogP contribution in [-0.2, 0) is 0 Å². The molecule has 0 aliphatic rings. The topological polar surface area (TPSA) is 26.0 Å². The van der Waals surface area contributed by atoms with Crippen LogP contribution in [0.5, 0.6) is 0 Å². The second kappa shape index (κ2) is 6.09. The molecule has 2 N–H and O–H groups in total. The number of hydrogen-bond acceptors (Lipinski definition) is 2. The molecule has 1 atom stereocenters. The molecule has 0 spiro atoms. The van der Waals surface area contributed by atoms with E-state index in [1.807, 2.05) is 0 Å². The quantitative estimate of drug-likeness (QED) is 0.625. The molecule has 0 aliphatic carbocycles. The molecule has 0 heterocycles. The molecule has 90 valence electrons. The molecule has 4 heteroatoms. The van der Waals surface area contributed by atoms with Gasteiger partial charge in [-0.15, -0.1) is 11.8 Å². The predicted octanol–water partition coefficient (Wildman–Crippen LogP) is 4.08. The Morgan fingerprint density at radius 1 is 1.31 bits per heavy atom. The maximum Gasteiger partial charge on any atom is 0.141 e. The van der Waals surface area contributed by atoms with Gasteiger partial charge in [0.05, 0.1) is 4.90 Å². The Labute approximate surface area is 99.4 Å². The molecule has 1 rings (SSSR count). The Morgan fingerprint density at radius 2 is 1.88 bits per heavy atom. The number of nitrogen functional groups attached to an aromatic ring is 1. The maximum absolute atomic E-state index is 13.4. The summed E-state index contributed by atoms with van der Waals surface area (Å²) in [5, 5.41) is 0. The smallest absolute Gasteiger partial charge is 0.141 e. The Balaban J connectivity index is 2.67. The lowest BCUT2D eigenvalue weighted by atomic mass is 10.1. The third kappa shape index (κ3) is 3.67. The van der Waals surface area contributed by atoms with Gasteiger partial charge in [-0.2, -0.15) is 0 Å². The van der Waals surface area contributed by atoms with Crippen molar-refractivity contribution in [2.45, 2.75) is 31.6 Å². The van der Waals surface area contributed by atoms with Crippen molar-refractivity contribution in [3.05, 3.63) is 23.8 Å². The summed E-state index contributed by atoms with van der Waals surface area (Å²) in [4.78, 5) is 0.0807. The first kappa shape index (κ1) is 13.3. The lowest BCUT2D eigenvalue weighted by molar-refractivity contribution is 0.539. The summed E-state index contributed by atoms with van der Waals surface area (Å²) >= 11 is 1.22. The molecule has 1 aromatic carbocycles. The van der Waals surface area contributed by atoms with Crippen molar-refractivity contribution in [3.8, 4) is 0 Å². The van der Waals surface area contributed by atoms with Gasteiger partial charge in [0.2, 0.25) is 0 Å². The summed E-state index contributed by atoms with van der Waals surface area (Å²) in [5.74, 6) is 0.0646. The zero-order valence-electron chi connectivity index (χ0n) is 9.59. The van der Waals surface area contributed by atoms with Gasteiger partial charge in [0.15, 0.2) is 0 Å². The van der Waals surface area contributed by atoms with Gasteiger partial charge < -0.3 is 5.73 Å². The number of thioether (sulfide) groups is 1. The van der Waals surface area contributed by atoms with Crippen LogP contribution in [-0.4, -0.2) is 5.75 Å². The highest BCUT2D eigenvalue weighted by atomic mass is 32.2. The number of hydrogen-bond donors (Lipinski definition) is 1. The molecule has 1 aromatic rings. The first-order valence-electron chi connectivity index (χ1n) is 5.42. The van der Waals surface area contributed by atoms with Gasteiger partial charge in [0, 0.05) is 11.4 Å². The summed E-state index contributed by atoms with van der Waals surface area (Å²) in [6.45, 7) is 4.19. The fourth-order valence-electron chi connectivity index (χ4n) is 1.52. The molecule has 0 saturated carbocycles. The molecule has 16 heavy (non-hydrogen) atoms. The van der Waals surface area contributed by atoms with Crippen LogP contribution < -0.4 is 5.73 Å². The molecule has 1 nitrogen and oxygen atoms in total. The van der Waals surface area contributed by atoms with Crippen LogP contribution in [0.15, 0.2) is 17.0 Å². The largest absolute Gasteiger partial charge is 0.399 e. The predicted molar refractivity (Wildman–Crippen MR) is 65.6 cm³/mol. The molecule has 1 unspecified atom stereocenters. The van der Waals surface area contributed by atoms with Crippen molar-refractivity contribution in [2.24, 2.45) is 5.92 Å². The lowest BCUT2D eigenvalue weighted by Crippen LogP contribution is -1.99. The van der Waals surface area contributed by atoms with Crippen LogP contribution in [0.4, 0.5) is 14.5 Å². The summed E-state index contributed by atoms with van der Waals surface area (Å²) in [5.41, 5.74) is 5.47. The number of anilines is 1. The molecular weight excluding hydrogens is 228 g/mol. The second-order valence-corrected chi connectivity index (χ2v) is 5.05. The molecule has 0 aliphatic heterocycles. The summed E-state index contributed by atoms with van der Waals surface area (Å²) < 4.78 is 26.8. The van der Waals surface area contributed by atoms with Crippen molar-refractivity contribution in [3.63, 3.8) is 0 Å². The van der Waals surface area contributed by atoms with Crippen LogP contribution in [0.2, 0.25) is 0 Å². The van der Waals surface area contributed by atoms with Gasteiger partial charge in [-0.3, -0.25) is 0 Å². The Bertz CT molecular complexity index is 332. The van der Waals surface area contributed by atoms with E-state index in [1.165, 1.54) is 11.8 Å². The normalized spacial score (nSPS) is 12.8. The Morgan fingerprint density at radius 3 is 2.38 bits per heavy atom. The second-order valence-electron chi connectivity index (χ2n) is 4.02. The minimum absolute atomic E-state index is 0.0807. The van der Waals surface area contributed by atoms with Crippen LogP contribution in [0.3, 0.4) is 0 Å². The van der Waals surface area contributed by atoms with E-state index in [4.69, 9.17) is 5.73 Å². The van der Waals surface area contributed by atoms with E-state index < -0.39 is 11.6 Å². The van der Waals surface area contributed by atoms with E-state index in [0.29, 0.717) is 5.92 Å². The van der Waals surface area contributed by atoms with E-state index in [1.54, 1.807) is 0 Å². The van der Waals surface area contributed by atoms with Gasteiger partial charge in [-0.25, -0.2) is 8.78 Å². The van der Waals surface area contributed by atoms with Crippen LogP contribution >= 0.6 is 11.8 Å². The van der Waals surface area contributed by atoms with Crippen molar-refractivity contribution in [1.82, 2.24) is 0 Å². The average Bonchev–Trinajstić information content (AvgIpc) is 2.16. The number of benzene rings is 1. The Kier molecular flexibility index (Phi) is 5.06. The van der Waals surface area contributed by atoms with Crippen molar-refractivity contribution >= 4 is 17.4 Å². The first-order valence-corrected chi connectivity index (χ1v) is 6.40. The monoisotopic (exact) mass is 245 g/mol. The first-order chi connectivity index (χ1) is 7.54. The minimum Gasteiger partial charge on any atom is -0.399 e. The minimum atomic E-state index is -0.564. The van der Waals surface area contributed by atoms with Crippen LogP contribution in [0.1, 0.15) is 26.7 Å². The van der Waals surface area contributed by atoms with E-state index in [0.717, 1.165) is 30.7 Å². The van der Waals surface area contributed by atoms with E-state index >= 15 is 0 Å². The van der Waals surface area contributed by atoms with E-state index in [-0.39, 0.29) is 10.6 Å². The molecule has 0 amide bonds. The third-order valence-corrected chi connectivity index (χ3v) is 3.73. The molecule has 0 aromatic heterocycles. The fourth-order valence-corrected chi connectivity index (χ4v) is 2.53. The van der Waals surface area contributed by atoms with E-state index in [2.05, 4.69) is 13.8 Å². The SMILES string of the molecule is CCCC(C)CSc1c(F)cc(N)cc1F. The molecule has 0 fully saturated rings. The van der Waals surface area contributed by atoms with Crippen LogP contribution in [0.25, 0.3) is 0 Å². The Hall–Kier alpha value is -0.770. The third-order valence-electron chi connectivity index (χ3n) is 2.31. The number of halogens is 2. The van der Waals surface area contributed by atoms with E-state index in [9.17, 15) is 8.78 Å². The van der Waals surface area contributed by atoms with Gasteiger partial charge in [-0.05, 0) is 18.1 Å². The van der Waals surface area contributed by atoms with Gasteiger partial charge in [-0.1, -0.05) is 26.7 Å². The van der Waals surface area contributed by atoms with Gasteiger partial charge >= 0.3 is 0 Å². The highest BCUT2D eigenvalue weighted by Gasteiger charge is 2.12. The molecule has 0 saturated heterocycles.